The van der Waals surface area contributed by atoms with E-state index in [0.29, 0.717) is 6.54 Å². The molecule has 0 aliphatic carbocycles. The second kappa shape index (κ2) is 12.7. The molecule has 0 aliphatic heterocycles. The summed E-state index contributed by atoms with van der Waals surface area (Å²) in [4.78, 5) is 10.3. The van der Waals surface area contributed by atoms with Gasteiger partial charge in [0, 0.05) is 34.1 Å². The zero-order chi connectivity index (χ0) is 34.3. The summed E-state index contributed by atoms with van der Waals surface area (Å²) in [7, 11) is -14.6. The van der Waals surface area contributed by atoms with Gasteiger partial charge in [-0.15, -0.1) is 5.11 Å². The number of benzene rings is 4. The van der Waals surface area contributed by atoms with E-state index in [4.69, 9.17) is 17.3 Å². The average molecular weight is 723 g/mol. The van der Waals surface area contributed by atoms with Crippen molar-refractivity contribution in [3.63, 3.8) is 0 Å². The van der Waals surface area contributed by atoms with E-state index < -0.39 is 45.0 Å². The van der Waals surface area contributed by atoms with Gasteiger partial charge in [-0.05, 0) is 54.9 Å². The Bertz CT molecular complexity index is 2430. The molecule has 0 radical (unpaired) electrons. The highest BCUT2D eigenvalue weighted by atomic mass is 35.5. The van der Waals surface area contributed by atoms with Gasteiger partial charge in [-0.3, -0.25) is 13.7 Å². The number of fused-ring (bicyclic) bond motifs is 2. The van der Waals surface area contributed by atoms with Crippen molar-refractivity contribution in [1.82, 2.24) is 15.0 Å². The van der Waals surface area contributed by atoms with Gasteiger partial charge in [-0.25, -0.2) is 0 Å². The third kappa shape index (κ3) is 7.60. The number of nitrogens with zero attached hydrogens (tertiary/aromatic N) is 5. The molecule has 5 rings (SSSR count). The van der Waals surface area contributed by atoms with Crippen LogP contribution in [-0.4, -0.2) is 66.5 Å². The average Bonchev–Trinajstić information content (AvgIpc) is 2.97. The van der Waals surface area contributed by atoms with E-state index >= 15 is 0 Å². The van der Waals surface area contributed by atoms with Crippen LogP contribution in [0.15, 0.2) is 85.6 Å². The molecule has 1 heterocycles. The van der Waals surface area contributed by atoms with E-state index in [2.05, 4.69) is 35.8 Å². The van der Waals surface area contributed by atoms with Crippen LogP contribution < -0.4 is 16.4 Å². The van der Waals surface area contributed by atoms with Crippen LogP contribution in [0.5, 0.6) is 0 Å². The van der Waals surface area contributed by atoms with Crippen molar-refractivity contribution >= 4 is 92.5 Å². The molecule has 0 aliphatic rings. The van der Waals surface area contributed by atoms with Crippen molar-refractivity contribution in [1.29, 1.82) is 0 Å². The highest BCUT2D eigenvalue weighted by Gasteiger charge is 2.22. The van der Waals surface area contributed by atoms with Gasteiger partial charge < -0.3 is 16.4 Å². The molecule has 1 unspecified atom stereocenters. The Balaban J connectivity index is 1.67. The van der Waals surface area contributed by atoms with Crippen molar-refractivity contribution in [2.24, 2.45) is 16.0 Å². The molecule has 1 atom stereocenters. The van der Waals surface area contributed by atoms with Crippen LogP contribution in [-0.2, 0) is 30.4 Å². The van der Waals surface area contributed by atoms with Gasteiger partial charge in [-0.1, -0.05) is 24.3 Å². The number of halogens is 1. The highest BCUT2D eigenvalue weighted by Crippen LogP contribution is 2.39. The van der Waals surface area contributed by atoms with E-state index in [0.717, 1.165) is 24.3 Å². The molecule has 47 heavy (non-hydrogen) atoms. The van der Waals surface area contributed by atoms with Crippen LogP contribution in [0.2, 0.25) is 5.28 Å². The molecule has 0 amide bonds. The number of azo groups is 1. The lowest BCUT2D eigenvalue weighted by atomic mass is 10.1. The van der Waals surface area contributed by atoms with Crippen LogP contribution >= 0.6 is 11.6 Å². The first-order chi connectivity index (χ1) is 21.9. The van der Waals surface area contributed by atoms with Crippen molar-refractivity contribution in [2.45, 2.75) is 27.7 Å². The maximum Gasteiger partial charge on any atom is 0.295 e. The van der Waals surface area contributed by atoms with Gasteiger partial charge in [-0.2, -0.15) is 45.3 Å². The van der Waals surface area contributed by atoms with Crippen molar-refractivity contribution in [2.75, 3.05) is 17.2 Å². The smallest absolute Gasteiger partial charge is 0.295 e. The van der Waals surface area contributed by atoms with Crippen LogP contribution in [0, 0.1) is 0 Å². The predicted octanol–water partition coefficient (Wildman–Crippen LogP) is 4.49. The first kappa shape index (κ1) is 33.9. The van der Waals surface area contributed by atoms with E-state index in [1.807, 2.05) is 0 Å². The molecule has 21 heteroatoms. The fourth-order valence-corrected chi connectivity index (χ4v) is 6.85. The number of rotatable bonds is 10. The van der Waals surface area contributed by atoms with Crippen molar-refractivity contribution < 1.29 is 38.9 Å². The fourth-order valence-electron chi connectivity index (χ4n) is 4.54. The number of anilines is 3. The summed E-state index contributed by atoms with van der Waals surface area (Å²) in [6.07, 6.45) is 0. The first-order valence-electron chi connectivity index (χ1n) is 13.1. The summed E-state index contributed by atoms with van der Waals surface area (Å²) in [6.45, 7) is 2.05. The standard InChI is InChI=1S/C26H23ClN8O9S3/c1-13(28)12-29-25-31-24(27)32-26(33-25)30-19-9-8-18(16-5-3-7-21(23(16)19)46(39,40)41)35-34-14-10-17-15(22(11-14)47(42,43)44)4-2-6-20(17)45(36,37)38/h2-11,13H,12,28H2,1H3,(H,36,37,38)(H,39,40,41)(H,42,43,44)(H2,29,30,31,32,33). The van der Waals surface area contributed by atoms with Gasteiger partial charge in [0.05, 0.1) is 17.1 Å². The zero-order valence-electron chi connectivity index (χ0n) is 23.8. The van der Waals surface area contributed by atoms with Gasteiger partial charge in [0.1, 0.15) is 14.7 Å². The number of nitrogens with two attached hydrogens (primary N) is 1. The summed E-state index contributed by atoms with van der Waals surface area (Å²) in [5.74, 6) is -0.0205. The molecular formula is C26H23ClN8O9S3. The number of hydrogen-bond acceptors (Lipinski definition) is 14. The van der Waals surface area contributed by atoms with Gasteiger partial charge in [0.15, 0.2) is 0 Å². The topological polar surface area (TPSA) is 277 Å². The summed E-state index contributed by atoms with van der Waals surface area (Å²) in [6, 6.07) is 11.9. The van der Waals surface area contributed by atoms with Gasteiger partial charge in [0.25, 0.3) is 30.4 Å². The summed E-state index contributed by atoms with van der Waals surface area (Å²) < 4.78 is 103. The number of hydrogen-bond donors (Lipinski definition) is 6. The summed E-state index contributed by atoms with van der Waals surface area (Å²) >= 11 is 6.05. The molecule has 0 bridgehead atoms. The van der Waals surface area contributed by atoms with Crippen LogP contribution in [0.25, 0.3) is 21.5 Å². The van der Waals surface area contributed by atoms with Crippen LogP contribution in [0.1, 0.15) is 6.92 Å². The summed E-state index contributed by atoms with van der Waals surface area (Å²) in [5.41, 5.74) is 5.61. The maximum absolute atomic E-state index is 12.4. The second-order valence-electron chi connectivity index (χ2n) is 9.97. The Morgan fingerprint density at radius 1 is 0.766 bits per heavy atom. The van der Waals surface area contributed by atoms with Crippen LogP contribution in [0.3, 0.4) is 0 Å². The molecule has 246 valence electrons. The lowest BCUT2D eigenvalue weighted by Gasteiger charge is -2.14. The minimum absolute atomic E-state index is 0.0144. The monoisotopic (exact) mass is 722 g/mol. The normalized spacial score (nSPS) is 13.3. The Hall–Kier alpha value is -4.41. The fraction of sp³-hybridized carbons (Fsp3) is 0.115. The quantitative estimate of drug-likeness (QED) is 0.0855. The van der Waals surface area contributed by atoms with E-state index in [9.17, 15) is 38.9 Å². The molecule has 17 nitrogen and oxygen atoms in total. The predicted molar refractivity (Wildman–Crippen MR) is 172 cm³/mol. The largest absolute Gasteiger partial charge is 0.352 e. The molecule has 1 aromatic heterocycles. The zero-order valence-corrected chi connectivity index (χ0v) is 27.0. The summed E-state index contributed by atoms with van der Waals surface area (Å²) in [5, 5.41) is 13.2. The molecule has 0 saturated carbocycles. The highest BCUT2D eigenvalue weighted by molar-refractivity contribution is 7.86. The van der Waals surface area contributed by atoms with Gasteiger partial charge >= 0.3 is 0 Å². The molecule has 0 saturated heterocycles. The molecule has 0 spiro atoms. The van der Waals surface area contributed by atoms with E-state index in [1.165, 1.54) is 36.4 Å². The van der Waals surface area contributed by atoms with Gasteiger partial charge in [0.2, 0.25) is 17.2 Å². The Morgan fingerprint density at radius 2 is 1.38 bits per heavy atom. The minimum Gasteiger partial charge on any atom is -0.352 e. The lowest BCUT2D eigenvalue weighted by Crippen LogP contribution is -2.26. The molecule has 0 fully saturated rings. The molecule has 5 aromatic rings. The molecular weight excluding hydrogens is 700 g/mol. The SMILES string of the molecule is CC(N)CNc1nc(Cl)nc(Nc2ccc(N=Nc3cc(S(=O)(=O)O)c4cccc(S(=O)(=O)O)c4c3)c3cccc(S(=O)(=O)O)c23)n1. The van der Waals surface area contributed by atoms with Crippen molar-refractivity contribution in [3.8, 4) is 0 Å². The Morgan fingerprint density at radius 3 is 2.02 bits per heavy atom. The number of aromatic nitrogens is 3. The Kier molecular flexibility index (Phi) is 9.14. The molecule has 4 aromatic carbocycles. The van der Waals surface area contributed by atoms with E-state index in [-0.39, 0.29) is 61.8 Å². The van der Waals surface area contributed by atoms with E-state index in [1.54, 1.807) is 6.92 Å². The first-order valence-corrected chi connectivity index (χ1v) is 17.8. The Labute approximate surface area is 272 Å². The third-order valence-corrected chi connectivity index (χ3v) is 9.30. The lowest BCUT2D eigenvalue weighted by molar-refractivity contribution is 0.481. The van der Waals surface area contributed by atoms with Crippen molar-refractivity contribution in [3.05, 3.63) is 65.9 Å². The third-order valence-electron chi connectivity index (χ3n) is 6.43. The van der Waals surface area contributed by atoms with Crippen LogP contribution in [0.4, 0.5) is 29.0 Å². The number of nitrogens with one attached hydrogen (secondary N) is 2. The second-order valence-corrected chi connectivity index (χ2v) is 14.5. The maximum atomic E-state index is 12.4. The molecule has 7 N–H and O–H groups in total. The minimum atomic E-state index is -4.92.